The van der Waals surface area contributed by atoms with Crippen LogP contribution in [0.5, 0.6) is 11.5 Å². The molecule has 0 saturated heterocycles. The Bertz CT molecular complexity index is 682. The molecule has 4 heteroatoms. The van der Waals surface area contributed by atoms with Gasteiger partial charge in [-0.1, -0.05) is 30.3 Å². The number of nitrogens with one attached hydrogen (secondary N) is 1. The minimum atomic E-state index is 0.0510. The Morgan fingerprint density at radius 2 is 1.95 bits per heavy atom. The summed E-state index contributed by atoms with van der Waals surface area (Å²) in [6, 6.07) is 13.8. The molecular weight excluding hydrogens is 278 g/mol. The SMILES string of the molecule is Cc1ccccc1CC(=O)NCCc1ccc2c(c1)OCO2. The minimum Gasteiger partial charge on any atom is -0.454 e. The van der Waals surface area contributed by atoms with E-state index in [9.17, 15) is 4.79 Å². The van der Waals surface area contributed by atoms with Gasteiger partial charge >= 0.3 is 0 Å². The highest BCUT2D eigenvalue weighted by Crippen LogP contribution is 2.32. The third-order valence-corrected chi connectivity index (χ3v) is 3.79. The van der Waals surface area contributed by atoms with Gasteiger partial charge in [0.2, 0.25) is 12.7 Å². The van der Waals surface area contributed by atoms with E-state index in [4.69, 9.17) is 9.47 Å². The molecule has 2 aromatic rings. The van der Waals surface area contributed by atoms with Crippen molar-refractivity contribution < 1.29 is 14.3 Å². The molecule has 0 unspecified atom stereocenters. The smallest absolute Gasteiger partial charge is 0.231 e. The molecule has 2 aromatic carbocycles. The van der Waals surface area contributed by atoms with Crippen molar-refractivity contribution in [1.29, 1.82) is 0 Å². The van der Waals surface area contributed by atoms with Gasteiger partial charge in [0.25, 0.3) is 0 Å². The first kappa shape index (κ1) is 14.4. The number of amides is 1. The summed E-state index contributed by atoms with van der Waals surface area (Å²) in [5.74, 6) is 1.62. The van der Waals surface area contributed by atoms with Crippen molar-refractivity contribution in [2.24, 2.45) is 0 Å². The number of hydrogen-bond acceptors (Lipinski definition) is 3. The third kappa shape index (κ3) is 3.39. The van der Waals surface area contributed by atoms with Gasteiger partial charge in [-0.05, 0) is 42.2 Å². The molecule has 0 aliphatic carbocycles. The summed E-state index contributed by atoms with van der Waals surface area (Å²) >= 11 is 0. The molecule has 4 nitrogen and oxygen atoms in total. The first-order valence-electron chi connectivity index (χ1n) is 7.42. The topological polar surface area (TPSA) is 47.6 Å². The number of fused-ring (bicyclic) bond motifs is 1. The maximum absolute atomic E-state index is 12.0. The Morgan fingerprint density at radius 3 is 2.82 bits per heavy atom. The van der Waals surface area contributed by atoms with Gasteiger partial charge in [-0.25, -0.2) is 0 Å². The van der Waals surface area contributed by atoms with Crippen molar-refractivity contribution in [1.82, 2.24) is 5.32 Å². The van der Waals surface area contributed by atoms with Gasteiger partial charge in [0.05, 0.1) is 6.42 Å². The summed E-state index contributed by atoms with van der Waals surface area (Å²) < 4.78 is 10.6. The van der Waals surface area contributed by atoms with Crippen LogP contribution in [0.3, 0.4) is 0 Å². The van der Waals surface area contributed by atoms with Crippen LogP contribution in [0.4, 0.5) is 0 Å². The normalized spacial score (nSPS) is 12.2. The molecule has 0 fully saturated rings. The van der Waals surface area contributed by atoms with Gasteiger partial charge in [-0.2, -0.15) is 0 Å². The fraction of sp³-hybridized carbons (Fsp3) is 0.278. The largest absolute Gasteiger partial charge is 0.454 e. The lowest BCUT2D eigenvalue weighted by Crippen LogP contribution is -2.27. The van der Waals surface area contributed by atoms with E-state index in [2.05, 4.69) is 5.32 Å². The molecule has 1 aliphatic rings. The van der Waals surface area contributed by atoms with E-state index in [0.29, 0.717) is 13.0 Å². The van der Waals surface area contributed by atoms with Gasteiger partial charge in [0.15, 0.2) is 11.5 Å². The molecular formula is C18H19NO3. The molecule has 22 heavy (non-hydrogen) atoms. The van der Waals surface area contributed by atoms with Gasteiger partial charge in [0.1, 0.15) is 0 Å². The number of benzene rings is 2. The summed E-state index contributed by atoms with van der Waals surface area (Å²) in [6.07, 6.45) is 1.20. The molecule has 0 spiro atoms. The summed E-state index contributed by atoms with van der Waals surface area (Å²) in [6.45, 7) is 2.92. The van der Waals surface area contributed by atoms with Gasteiger partial charge in [0, 0.05) is 6.54 Å². The molecule has 0 atom stereocenters. The summed E-state index contributed by atoms with van der Waals surface area (Å²) in [7, 11) is 0. The van der Waals surface area contributed by atoms with E-state index < -0.39 is 0 Å². The van der Waals surface area contributed by atoms with Crippen molar-refractivity contribution in [3.63, 3.8) is 0 Å². The summed E-state index contributed by atoms with van der Waals surface area (Å²) in [5, 5.41) is 2.96. The Labute approximate surface area is 130 Å². The zero-order valence-electron chi connectivity index (χ0n) is 12.6. The summed E-state index contributed by atoms with van der Waals surface area (Å²) in [4.78, 5) is 12.0. The third-order valence-electron chi connectivity index (χ3n) is 3.79. The quantitative estimate of drug-likeness (QED) is 0.923. The van der Waals surface area contributed by atoms with Gasteiger partial charge < -0.3 is 14.8 Å². The Hall–Kier alpha value is -2.49. The lowest BCUT2D eigenvalue weighted by atomic mass is 10.1. The van der Waals surface area contributed by atoms with Crippen LogP contribution in [0.1, 0.15) is 16.7 Å². The fourth-order valence-electron chi connectivity index (χ4n) is 2.49. The van der Waals surface area contributed by atoms with Crippen LogP contribution in [-0.4, -0.2) is 19.2 Å². The molecule has 0 aromatic heterocycles. The van der Waals surface area contributed by atoms with E-state index in [-0.39, 0.29) is 12.7 Å². The van der Waals surface area contributed by atoms with Crippen molar-refractivity contribution in [3.05, 3.63) is 59.2 Å². The van der Waals surface area contributed by atoms with Gasteiger partial charge in [-0.15, -0.1) is 0 Å². The van der Waals surface area contributed by atoms with E-state index in [1.54, 1.807) is 0 Å². The fourth-order valence-corrected chi connectivity index (χ4v) is 2.49. The van der Waals surface area contributed by atoms with E-state index in [1.807, 2.05) is 49.4 Å². The van der Waals surface area contributed by atoms with Crippen LogP contribution >= 0.6 is 0 Å². The summed E-state index contributed by atoms with van der Waals surface area (Å²) in [5.41, 5.74) is 3.34. The highest BCUT2D eigenvalue weighted by Gasteiger charge is 2.13. The Kier molecular flexibility index (Phi) is 4.28. The average molecular weight is 297 g/mol. The Morgan fingerprint density at radius 1 is 1.14 bits per heavy atom. The predicted molar refractivity (Wildman–Crippen MR) is 84.2 cm³/mol. The van der Waals surface area contributed by atoms with Crippen molar-refractivity contribution in [3.8, 4) is 11.5 Å². The highest BCUT2D eigenvalue weighted by atomic mass is 16.7. The number of rotatable bonds is 5. The molecule has 0 saturated carbocycles. The number of aryl methyl sites for hydroxylation is 1. The molecule has 114 valence electrons. The zero-order chi connectivity index (χ0) is 15.4. The maximum Gasteiger partial charge on any atom is 0.231 e. The Balaban J connectivity index is 1.49. The molecule has 1 N–H and O–H groups in total. The maximum atomic E-state index is 12.0. The van der Waals surface area contributed by atoms with Crippen LogP contribution < -0.4 is 14.8 Å². The van der Waals surface area contributed by atoms with E-state index >= 15 is 0 Å². The van der Waals surface area contributed by atoms with Crippen LogP contribution in [0.25, 0.3) is 0 Å². The molecule has 3 rings (SSSR count). The second kappa shape index (κ2) is 6.52. The van der Waals surface area contributed by atoms with Crippen LogP contribution in [-0.2, 0) is 17.6 Å². The van der Waals surface area contributed by atoms with Gasteiger partial charge in [-0.3, -0.25) is 4.79 Å². The predicted octanol–water partition coefficient (Wildman–Crippen LogP) is 2.63. The molecule has 1 aliphatic heterocycles. The lowest BCUT2D eigenvalue weighted by Gasteiger charge is -2.08. The molecule has 0 radical (unpaired) electrons. The van der Waals surface area contributed by atoms with Crippen LogP contribution in [0.15, 0.2) is 42.5 Å². The standard InChI is InChI=1S/C18H19NO3/c1-13-4-2-3-5-15(13)11-18(20)19-9-8-14-6-7-16-17(10-14)22-12-21-16/h2-7,10H,8-9,11-12H2,1H3,(H,19,20). The molecule has 0 bridgehead atoms. The minimum absolute atomic E-state index is 0.0510. The molecule has 1 amide bonds. The van der Waals surface area contributed by atoms with Crippen molar-refractivity contribution in [2.45, 2.75) is 19.8 Å². The zero-order valence-corrected chi connectivity index (χ0v) is 12.6. The number of carbonyl (C=O) groups is 1. The van der Waals surface area contributed by atoms with E-state index in [0.717, 1.165) is 34.6 Å². The van der Waals surface area contributed by atoms with Crippen molar-refractivity contribution >= 4 is 5.91 Å². The highest BCUT2D eigenvalue weighted by molar-refractivity contribution is 5.78. The first-order chi connectivity index (χ1) is 10.7. The number of ether oxygens (including phenoxy) is 2. The van der Waals surface area contributed by atoms with E-state index in [1.165, 1.54) is 0 Å². The second-order valence-corrected chi connectivity index (χ2v) is 5.39. The first-order valence-corrected chi connectivity index (χ1v) is 7.42. The lowest BCUT2D eigenvalue weighted by molar-refractivity contribution is -0.120. The van der Waals surface area contributed by atoms with Crippen LogP contribution in [0.2, 0.25) is 0 Å². The number of hydrogen-bond donors (Lipinski definition) is 1. The van der Waals surface area contributed by atoms with Crippen molar-refractivity contribution in [2.75, 3.05) is 13.3 Å². The van der Waals surface area contributed by atoms with Crippen LogP contribution in [0, 0.1) is 6.92 Å². The monoisotopic (exact) mass is 297 g/mol. The second-order valence-electron chi connectivity index (χ2n) is 5.39. The number of carbonyl (C=O) groups excluding carboxylic acids is 1. The average Bonchev–Trinajstić information content (AvgIpc) is 2.97. The molecule has 1 heterocycles.